The number of carbonyl (C=O) groups is 2. The van der Waals surface area contributed by atoms with Gasteiger partial charge >= 0.3 is 5.97 Å². The summed E-state index contributed by atoms with van der Waals surface area (Å²) < 4.78 is 38.7. The monoisotopic (exact) mass is 457 g/mol. The van der Waals surface area contributed by atoms with E-state index in [0.717, 1.165) is 0 Å². The Morgan fingerprint density at radius 2 is 1.91 bits per heavy atom. The van der Waals surface area contributed by atoms with Crippen LogP contribution >= 0.6 is 0 Å². The Balaban J connectivity index is 1.32. The van der Waals surface area contributed by atoms with Crippen LogP contribution in [0.4, 0.5) is 5.69 Å². The number of hydrogen-bond donors (Lipinski definition) is 0. The molecule has 2 aliphatic heterocycles. The van der Waals surface area contributed by atoms with E-state index in [2.05, 4.69) is 4.40 Å². The molecule has 0 bridgehead atoms. The smallest absolute Gasteiger partial charge is 0.311 e. The van der Waals surface area contributed by atoms with Crippen molar-refractivity contribution >= 4 is 33.4 Å². The van der Waals surface area contributed by atoms with E-state index >= 15 is 0 Å². The maximum atomic E-state index is 12.5. The van der Waals surface area contributed by atoms with Gasteiger partial charge in [-0.05, 0) is 36.4 Å². The third-order valence-electron chi connectivity index (χ3n) is 5.49. The third-order valence-corrected chi connectivity index (χ3v) is 6.81. The van der Waals surface area contributed by atoms with Crippen LogP contribution in [0.25, 0.3) is 0 Å². The third kappa shape index (κ3) is 4.18. The first-order valence-electron chi connectivity index (χ1n) is 10.1. The van der Waals surface area contributed by atoms with Crippen molar-refractivity contribution < 1.29 is 27.5 Å². The van der Waals surface area contributed by atoms with Gasteiger partial charge in [0.15, 0.2) is 5.84 Å². The van der Waals surface area contributed by atoms with Crippen LogP contribution < -0.4 is 9.64 Å². The molecule has 2 aromatic carbocycles. The molecule has 0 radical (unpaired) electrons. The first-order chi connectivity index (χ1) is 15.3. The van der Waals surface area contributed by atoms with Crippen LogP contribution in [0.3, 0.4) is 0 Å². The van der Waals surface area contributed by atoms with Crippen molar-refractivity contribution in [2.75, 3.05) is 38.8 Å². The number of esters is 1. The highest BCUT2D eigenvalue weighted by molar-refractivity contribution is 7.90. The quantitative estimate of drug-likeness (QED) is 0.608. The van der Waals surface area contributed by atoms with Crippen LogP contribution in [0.2, 0.25) is 0 Å². The molecule has 1 fully saturated rings. The number of nitrogens with zero attached hydrogens (tertiary/aromatic N) is 3. The fraction of sp³-hybridized carbons (Fsp3) is 0.318. The lowest BCUT2D eigenvalue weighted by Crippen LogP contribution is -2.32. The molecule has 2 heterocycles. The van der Waals surface area contributed by atoms with E-state index in [-0.39, 0.29) is 36.9 Å². The molecule has 10 heteroatoms. The zero-order chi connectivity index (χ0) is 22.9. The van der Waals surface area contributed by atoms with Crippen molar-refractivity contribution in [3.8, 4) is 5.75 Å². The van der Waals surface area contributed by atoms with Crippen molar-refractivity contribution in [1.82, 2.24) is 4.90 Å². The lowest BCUT2D eigenvalue weighted by atomic mass is 10.1. The molecule has 9 nitrogen and oxygen atoms in total. The molecular formula is C22H23N3O6S. The van der Waals surface area contributed by atoms with E-state index < -0.39 is 21.9 Å². The average molecular weight is 458 g/mol. The highest BCUT2D eigenvalue weighted by Gasteiger charge is 2.36. The predicted molar refractivity (Wildman–Crippen MR) is 117 cm³/mol. The molecule has 1 amide bonds. The van der Waals surface area contributed by atoms with Gasteiger partial charge in [0.2, 0.25) is 5.91 Å². The number of sulfonamides is 1. The van der Waals surface area contributed by atoms with E-state index in [9.17, 15) is 18.0 Å². The van der Waals surface area contributed by atoms with Crippen molar-refractivity contribution in [3.63, 3.8) is 0 Å². The molecule has 2 aromatic rings. The van der Waals surface area contributed by atoms with Crippen molar-refractivity contribution in [3.05, 3.63) is 54.1 Å². The summed E-state index contributed by atoms with van der Waals surface area (Å²) >= 11 is 0. The van der Waals surface area contributed by atoms with Gasteiger partial charge in [-0.3, -0.25) is 9.59 Å². The summed E-state index contributed by atoms with van der Waals surface area (Å²) in [4.78, 5) is 28.3. The molecule has 0 aliphatic carbocycles. The first kappa shape index (κ1) is 21.8. The summed E-state index contributed by atoms with van der Waals surface area (Å²) in [5, 5.41) is 0. The Kier molecular flexibility index (Phi) is 5.88. The number of methoxy groups -OCH3 is 1. The van der Waals surface area contributed by atoms with Crippen molar-refractivity contribution in [1.29, 1.82) is 0 Å². The second kappa shape index (κ2) is 8.62. The van der Waals surface area contributed by atoms with E-state index in [1.807, 2.05) is 0 Å². The van der Waals surface area contributed by atoms with Gasteiger partial charge in [-0.1, -0.05) is 12.1 Å². The summed E-state index contributed by atoms with van der Waals surface area (Å²) in [5.74, 6) is -0.151. The lowest BCUT2D eigenvalue weighted by Gasteiger charge is -2.19. The van der Waals surface area contributed by atoms with Crippen LogP contribution in [-0.2, 0) is 24.3 Å². The number of hydrogen-bond acceptors (Lipinski definition) is 7. The number of fused-ring (bicyclic) bond motifs is 1. The number of ether oxygens (including phenoxy) is 2. The van der Waals surface area contributed by atoms with E-state index in [1.54, 1.807) is 66.4 Å². The number of anilines is 1. The molecule has 1 saturated heterocycles. The van der Waals surface area contributed by atoms with Crippen molar-refractivity contribution in [2.45, 2.75) is 11.3 Å². The van der Waals surface area contributed by atoms with E-state index in [0.29, 0.717) is 22.8 Å². The highest BCUT2D eigenvalue weighted by Crippen LogP contribution is 2.28. The minimum absolute atomic E-state index is 0.0454. The largest absolute Gasteiger partial charge is 0.497 e. The normalized spacial score (nSPS) is 18.8. The summed E-state index contributed by atoms with van der Waals surface area (Å²) in [6, 6.07) is 13.7. The van der Waals surface area contributed by atoms with Crippen LogP contribution in [0.5, 0.6) is 5.75 Å². The molecule has 0 aromatic heterocycles. The average Bonchev–Trinajstić information content (AvgIpc) is 3.31. The minimum Gasteiger partial charge on any atom is -0.497 e. The number of carbonyl (C=O) groups excluding carboxylic acids is 2. The van der Waals surface area contributed by atoms with Gasteiger partial charge in [0, 0.05) is 31.3 Å². The molecular weight excluding hydrogens is 434 g/mol. The van der Waals surface area contributed by atoms with Crippen LogP contribution in [0, 0.1) is 5.92 Å². The number of amidine groups is 1. The van der Waals surface area contributed by atoms with Crippen LogP contribution in [-0.4, -0.2) is 64.9 Å². The lowest BCUT2D eigenvalue weighted by molar-refractivity contribution is -0.148. The van der Waals surface area contributed by atoms with Gasteiger partial charge in [-0.2, -0.15) is 8.42 Å². The molecule has 1 atom stereocenters. The second-order valence-corrected chi connectivity index (χ2v) is 9.15. The summed E-state index contributed by atoms with van der Waals surface area (Å²) in [6.07, 6.45) is 0.0824. The molecule has 0 spiro atoms. The van der Waals surface area contributed by atoms with Gasteiger partial charge < -0.3 is 19.3 Å². The first-order valence-corrected chi connectivity index (χ1v) is 11.5. The second-order valence-electron chi connectivity index (χ2n) is 7.58. The number of benzene rings is 2. The standard InChI is InChI=1S/C22H23N3O6S/c1-24(21-18-5-3-4-6-19(18)32(28,29)23-21)11-12-31-22(27)15-13-20(26)25(14-15)16-7-9-17(30-2)10-8-16/h3-10,15H,11-14H2,1-2H3. The van der Waals surface area contributed by atoms with Gasteiger partial charge in [0.05, 0.1) is 19.6 Å². The molecule has 0 saturated carbocycles. The molecule has 4 rings (SSSR count). The van der Waals surface area contributed by atoms with Gasteiger partial charge in [-0.15, -0.1) is 4.40 Å². The summed E-state index contributed by atoms with van der Waals surface area (Å²) in [5.41, 5.74) is 1.22. The Bertz CT molecular complexity index is 1180. The summed E-state index contributed by atoms with van der Waals surface area (Å²) in [7, 11) is -0.454. The number of amides is 1. The molecule has 168 valence electrons. The number of rotatable bonds is 6. The van der Waals surface area contributed by atoms with Crippen LogP contribution in [0.15, 0.2) is 57.8 Å². The Hall–Kier alpha value is -3.40. The SMILES string of the molecule is COc1ccc(N2CC(C(=O)OCCN(C)C3=NS(=O)(=O)c4ccccc43)CC2=O)cc1. The predicted octanol–water partition coefficient (Wildman–Crippen LogP) is 1.67. The highest BCUT2D eigenvalue weighted by atomic mass is 32.2. The van der Waals surface area contributed by atoms with Gasteiger partial charge in [-0.25, -0.2) is 0 Å². The Morgan fingerprint density at radius 3 is 2.62 bits per heavy atom. The van der Waals surface area contributed by atoms with Gasteiger partial charge in [0.25, 0.3) is 10.0 Å². The van der Waals surface area contributed by atoms with Crippen molar-refractivity contribution in [2.24, 2.45) is 10.3 Å². The fourth-order valence-electron chi connectivity index (χ4n) is 3.75. The Morgan fingerprint density at radius 1 is 1.19 bits per heavy atom. The van der Waals surface area contributed by atoms with E-state index in [4.69, 9.17) is 9.47 Å². The fourth-order valence-corrected chi connectivity index (χ4v) is 5.00. The number of likely N-dealkylation sites (N-methyl/N-ethyl adjacent to an activating group) is 1. The molecule has 0 N–H and O–H groups in total. The molecule has 1 unspecified atom stereocenters. The van der Waals surface area contributed by atoms with Crippen LogP contribution in [0.1, 0.15) is 12.0 Å². The Labute approximate surface area is 186 Å². The topological polar surface area (TPSA) is 106 Å². The van der Waals surface area contributed by atoms with Gasteiger partial charge in [0.1, 0.15) is 17.3 Å². The maximum Gasteiger partial charge on any atom is 0.311 e. The maximum absolute atomic E-state index is 12.5. The minimum atomic E-state index is -3.71. The zero-order valence-electron chi connectivity index (χ0n) is 17.7. The van der Waals surface area contributed by atoms with E-state index in [1.165, 1.54) is 6.07 Å². The molecule has 32 heavy (non-hydrogen) atoms. The zero-order valence-corrected chi connectivity index (χ0v) is 18.5. The molecule has 2 aliphatic rings. The summed E-state index contributed by atoms with van der Waals surface area (Å²) in [6.45, 7) is 0.555.